The zero-order valence-corrected chi connectivity index (χ0v) is 16.8. The van der Waals surface area contributed by atoms with Gasteiger partial charge in [0.25, 0.3) is 5.91 Å². The van der Waals surface area contributed by atoms with Crippen LogP contribution in [0.25, 0.3) is 22.3 Å². The van der Waals surface area contributed by atoms with Crippen molar-refractivity contribution in [3.63, 3.8) is 0 Å². The number of hydrogen-bond donors (Lipinski definition) is 0. The topological polar surface area (TPSA) is 51.0 Å². The van der Waals surface area contributed by atoms with Crippen molar-refractivity contribution in [2.75, 3.05) is 13.1 Å². The molecule has 5 nitrogen and oxygen atoms in total. The lowest BCUT2D eigenvalue weighted by Gasteiger charge is -2.34. The van der Waals surface area contributed by atoms with Crippen LogP contribution in [0, 0.1) is 0 Å². The van der Waals surface area contributed by atoms with E-state index in [4.69, 9.17) is 16.6 Å². The largest absolute Gasteiger partial charge is 0.333 e. The fourth-order valence-electron chi connectivity index (χ4n) is 3.62. The Labute approximate surface area is 177 Å². The lowest BCUT2D eigenvalue weighted by atomic mass is 10.0. The van der Waals surface area contributed by atoms with Gasteiger partial charge in [-0.1, -0.05) is 54.1 Å². The predicted octanol–water partition coefficient (Wildman–Crippen LogP) is 4.59. The van der Waals surface area contributed by atoms with Gasteiger partial charge in [-0.2, -0.15) is 5.10 Å². The Morgan fingerprint density at radius 3 is 2.53 bits per heavy atom. The molecule has 0 bridgehead atoms. The van der Waals surface area contributed by atoms with Crippen LogP contribution in [0.2, 0.25) is 5.02 Å². The number of pyridine rings is 1. The number of fused-ring (bicyclic) bond motifs is 1. The molecule has 0 radical (unpaired) electrons. The van der Waals surface area contributed by atoms with Gasteiger partial charge in [0.05, 0.1) is 42.5 Å². The molecule has 1 amide bonds. The second kappa shape index (κ2) is 7.54. The summed E-state index contributed by atoms with van der Waals surface area (Å²) in [7, 11) is 0. The number of likely N-dealkylation sites (tertiary alicyclic amines) is 1. The minimum Gasteiger partial charge on any atom is -0.333 e. The van der Waals surface area contributed by atoms with E-state index in [1.807, 2.05) is 54.6 Å². The van der Waals surface area contributed by atoms with Crippen LogP contribution in [0.5, 0.6) is 0 Å². The fourth-order valence-corrected chi connectivity index (χ4v) is 3.75. The molecule has 3 heterocycles. The van der Waals surface area contributed by atoms with Crippen molar-refractivity contribution in [2.45, 2.75) is 12.7 Å². The van der Waals surface area contributed by atoms with E-state index in [-0.39, 0.29) is 19.0 Å². The maximum atomic E-state index is 13.3. The molecule has 5 rings (SSSR count). The molecule has 150 valence electrons. The van der Waals surface area contributed by atoms with Gasteiger partial charge >= 0.3 is 0 Å². The van der Waals surface area contributed by atoms with Gasteiger partial charge < -0.3 is 4.90 Å². The number of halogens is 2. The maximum absolute atomic E-state index is 13.3. The molecular formula is C23H18ClFN4O. The third-order valence-corrected chi connectivity index (χ3v) is 5.53. The summed E-state index contributed by atoms with van der Waals surface area (Å²) in [5, 5.41) is 5.82. The number of benzene rings is 2. The Kier molecular flexibility index (Phi) is 4.71. The predicted molar refractivity (Wildman–Crippen MR) is 114 cm³/mol. The zero-order chi connectivity index (χ0) is 20.7. The number of rotatable bonds is 4. The Bertz CT molecular complexity index is 1220. The number of alkyl halides is 1. The average Bonchev–Trinajstić information content (AvgIpc) is 3.15. The van der Waals surface area contributed by atoms with Crippen molar-refractivity contribution in [3.05, 3.63) is 83.0 Å². The maximum Gasteiger partial charge on any atom is 0.254 e. The molecule has 7 heteroatoms. The highest BCUT2D eigenvalue weighted by Crippen LogP contribution is 2.28. The minimum atomic E-state index is -0.951. The highest BCUT2D eigenvalue weighted by molar-refractivity contribution is 6.30. The molecule has 0 unspecified atom stereocenters. The highest BCUT2D eigenvalue weighted by atomic mass is 35.5. The molecule has 4 aromatic rings. The molecule has 1 saturated heterocycles. The molecular weight excluding hydrogens is 403 g/mol. The minimum absolute atomic E-state index is 0.127. The molecule has 30 heavy (non-hydrogen) atoms. The van der Waals surface area contributed by atoms with Crippen LogP contribution in [0.4, 0.5) is 4.39 Å². The van der Waals surface area contributed by atoms with Crippen molar-refractivity contribution in [1.29, 1.82) is 0 Å². The first-order valence-corrected chi connectivity index (χ1v) is 10.1. The summed E-state index contributed by atoms with van der Waals surface area (Å²) in [5.41, 5.74) is 3.72. The number of carbonyl (C=O) groups excluding carboxylic acids is 1. The van der Waals surface area contributed by atoms with E-state index >= 15 is 0 Å². The Morgan fingerprint density at radius 1 is 1.10 bits per heavy atom. The monoisotopic (exact) mass is 420 g/mol. The zero-order valence-electron chi connectivity index (χ0n) is 16.0. The smallest absolute Gasteiger partial charge is 0.254 e. The first-order valence-electron chi connectivity index (χ1n) is 9.68. The summed E-state index contributed by atoms with van der Waals surface area (Å²) >= 11 is 5.99. The third-order valence-electron chi connectivity index (χ3n) is 5.28. The van der Waals surface area contributed by atoms with E-state index in [2.05, 4.69) is 5.10 Å². The van der Waals surface area contributed by atoms with Crippen LogP contribution in [0.15, 0.2) is 66.9 Å². The SMILES string of the molecule is O=C(c1cc(-c2ccccc2)nc2c1cnn2Cc1ccc(Cl)cc1)N1CC(F)C1. The molecule has 0 aliphatic carbocycles. The second-order valence-electron chi connectivity index (χ2n) is 7.39. The van der Waals surface area contributed by atoms with E-state index in [1.165, 1.54) is 4.90 Å². The summed E-state index contributed by atoms with van der Waals surface area (Å²) in [4.78, 5) is 19.4. The second-order valence-corrected chi connectivity index (χ2v) is 7.83. The first-order chi connectivity index (χ1) is 14.6. The van der Waals surface area contributed by atoms with Gasteiger partial charge in [-0.25, -0.2) is 14.1 Å². The third kappa shape index (κ3) is 3.44. The number of hydrogen-bond acceptors (Lipinski definition) is 3. The van der Waals surface area contributed by atoms with E-state index in [9.17, 15) is 9.18 Å². The molecule has 0 spiro atoms. The lowest BCUT2D eigenvalue weighted by molar-refractivity contribution is 0.0402. The number of nitrogens with zero attached hydrogens (tertiary/aromatic N) is 4. The van der Waals surface area contributed by atoms with Crippen LogP contribution in [-0.4, -0.2) is 44.8 Å². The Hall–Kier alpha value is -3.25. The first kappa shape index (κ1) is 18.8. The lowest BCUT2D eigenvalue weighted by Crippen LogP contribution is -2.51. The standard InChI is InChI=1S/C23H18ClFN4O/c24-17-8-6-15(7-9-17)12-29-22-20(11-26-29)19(23(30)28-13-18(25)14-28)10-21(27-22)16-4-2-1-3-5-16/h1-11,18H,12-14H2. The molecule has 0 N–H and O–H groups in total. The van der Waals surface area contributed by atoms with E-state index < -0.39 is 6.17 Å². The molecule has 2 aromatic carbocycles. The van der Waals surface area contributed by atoms with Crippen molar-refractivity contribution < 1.29 is 9.18 Å². The van der Waals surface area contributed by atoms with Gasteiger partial charge in [0.1, 0.15) is 6.17 Å². The van der Waals surface area contributed by atoms with Gasteiger partial charge in [-0.3, -0.25) is 4.79 Å². The Morgan fingerprint density at radius 2 is 1.83 bits per heavy atom. The summed E-state index contributed by atoms with van der Waals surface area (Å²) in [6, 6.07) is 19.0. The molecule has 2 aromatic heterocycles. The van der Waals surface area contributed by atoms with Crippen molar-refractivity contribution in [3.8, 4) is 11.3 Å². The summed E-state index contributed by atoms with van der Waals surface area (Å²) in [6.07, 6.45) is 0.708. The van der Waals surface area contributed by atoms with Gasteiger partial charge in [0.2, 0.25) is 0 Å². The molecule has 0 atom stereocenters. The quantitative estimate of drug-likeness (QED) is 0.485. The van der Waals surface area contributed by atoms with Crippen molar-refractivity contribution in [2.24, 2.45) is 0 Å². The van der Waals surface area contributed by atoms with Crippen LogP contribution in [-0.2, 0) is 6.54 Å². The van der Waals surface area contributed by atoms with Crippen LogP contribution in [0.1, 0.15) is 15.9 Å². The number of carbonyl (C=O) groups is 1. The van der Waals surface area contributed by atoms with Gasteiger partial charge in [-0.15, -0.1) is 0 Å². The normalized spacial score (nSPS) is 14.1. The van der Waals surface area contributed by atoms with E-state index in [0.29, 0.717) is 33.9 Å². The average molecular weight is 421 g/mol. The van der Waals surface area contributed by atoms with Gasteiger partial charge in [-0.05, 0) is 23.8 Å². The van der Waals surface area contributed by atoms with Gasteiger partial charge in [0.15, 0.2) is 5.65 Å². The molecule has 1 fully saturated rings. The highest BCUT2D eigenvalue weighted by Gasteiger charge is 2.32. The molecule has 0 saturated carbocycles. The van der Waals surface area contributed by atoms with Crippen LogP contribution >= 0.6 is 11.6 Å². The summed E-state index contributed by atoms with van der Waals surface area (Å²) in [5.74, 6) is -0.195. The van der Waals surface area contributed by atoms with Crippen LogP contribution in [0.3, 0.4) is 0 Å². The van der Waals surface area contributed by atoms with E-state index in [0.717, 1.165) is 11.1 Å². The van der Waals surface area contributed by atoms with Crippen molar-refractivity contribution >= 4 is 28.5 Å². The molecule has 1 aliphatic heterocycles. The van der Waals surface area contributed by atoms with E-state index in [1.54, 1.807) is 16.9 Å². The summed E-state index contributed by atoms with van der Waals surface area (Å²) in [6.45, 7) is 0.750. The van der Waals surface area contributed by atoms with Gasteiger partial charge in [0, 0.05) is 10.6 Å². The fraction of sp³-hybridized carbons (Fsp3) is 0.174. The molecule has 1 aliphatic rings. The van der Waals surface area contributed by atoms with Crippen molar-refractivity contribution in [1.82, 2.24) is 19.7 Å². The number of aromatic nitrogens is 3. The Balaban J connectivity index is 1.62. The van der Waals surface area contributed by atoms with Crippen LogP contribution < -0.4 is 0 Å². The summed E-state index contributed by atoms with van der Waals surface area (Å²) < 4.78 is 15.1. The number of amides is 1.